The number of hydrogen-bond acceptors (Lipinski definition) is 3. The van der Waals surface area contributed by atoms with Crippen LogP contribution in [-0.2, 0) is 9.84 Å². The molecule has 1 rings (SSSR count). The van der Waals surface area contributed by atoms with Gasteiger partial charge in [0.2, 0.25) is 0 Å². The van der Waals surface area contributed by atoms with Crippen molar-refractivity contribution in [2.45, 2.75) is 36.5 Å². The van der Waals surface area contributed by atoms with Crippen LogP contribution in [0.2, 0.25) is 10.0 Å². The Morgan fingerprint density at radius 3 is 2.44 bits per heavy atom. The quantitative estimate of drug-likeness (QED) is 0.909. The van der Waals surface area contributed by atoms with Gasteiger partial charge in [-0.05, 0) is 38.6 Å². The Labute approximate surface area is 118 Å². The minimum absolute atomic E-state index is 0.0952. The van der Waals surface area contributed by atoms with Crippen LogP contribution in [0.15, 0.2) is 23.1 Å². The number of nitrogens with one attached hydrogen (secondary N) is 1. The van der Waals surface area contributed by atoms with Crippen molar-refractivity contribution in [3.63, 3.8) is 0 Å². The number of rotatable bonds is 5. The molecule has 0 heterocycles. The Kier molecular flexibility index (Phi) is 5.46. The van der Waals surface area contributed by atoms with Crippen molar-refractivity contribution in [3.05, 3.63) is 28.2 Å². The van der Waals surface area contributed by atoms with Gasteiger partial charge in [-0.15, -0.1) is 0 Å². The van der Waals surface area contributed by atoms with Gasteiger partial charge >= 0.3 is 0 Å². The topological polar surface area (TPSA) is 46.2 Å². The van der Waals surface area contributed by atoms with Crippen molar-refractivity contribution in [2.75, 3.05) is 7.05 Å². The average Bonchev–Trinajstić information content (AvgIpc) is 2.33. The smallest absolute Gasteiger partial charge is 0.184 e. The highest BCUT2D eigenvalue weighted by Crippen LogP contribution is 2.29. The Bertz CT molecular complexity index is 513. The Morgan fingerprint density at radius 2 is 1.94 bits per heavy atom. The van der Waals surface area contributed by atoms with Crippen LogP contribution in [0.1, 0.15) is 20.3 Å². The first-order valence-corrected chi connectivity index (χ1v) is 8.01. The molecule has 0 aliphatic heterocycles. The summed E-state index contributed by atoms with van der Waals surface area (Å²) < 4.78 is 25.0. The van der Waals surface area contributed by atoms with Gasteiger partial charge in [-0.3, -0.25) is 0 Å². The van der Waals surface area contributed by atoms with E-state index >= 15 is 0 Å². The second-order valence-electron chi connectivity index (χ2n) is 4.13. The summed E-state index contributed by atoms with van der Waals surface area (Å²) in [5.41, 5.74) is 0. The highest BCUT2D eigenvalue weighted by Gasteiger charge is 2.30. The Morgan fingerprint density at radius 1 is 1.33 bits per heavy atom. The summed E-state index contributed by atoms with van der Waals surface area (Å²) in [6, 6.07) is 4.36. The molecule has 1 N–H and O–H groups in total. The van der Waals surface area contributed by atoms with Crippen LogP contribution in [-0.4, -0.2) is 26.8 Å². The highest BCUT2D eigenvalue weighted by atomic mass is 35.5. The molecule has 0 aromatic heterocycles. The molecule has 3 nitrogen and oxygen atoms in total. The maximum Gasteiger partial charge on any atom is 0.184 e. The molecule has 0 aliphatic rings. The van der Waals surface area contributed by atoms with Gasteiger partial charge in [-0.25, -0.2) is 8.42 Å². The molecule has 0 saturated heterocycles. The first-order chi connectivity index (χ1) is 8.34. The fourth-order valence-corrected chi connectivity index (χ4v) is 4.35. The molecule has 0 spiro atoms. The van der Waals surface area contributed by atoms with Gasteiger partial charge in [-0.1, -0.05) is 30.1 Å². The second-order valence-corrected chi connectivity index (χ2v) is 7.25. The zero-order chi connectivity index (χ0) is 13.9. The van der Waals surface area contributed by atoms with E-state index in [2.05, 4.69) is 5.32 Å². The van der Waals surface area contributed by atoms with Gasteiger partial charge in [0.15, 0.2) is 9.84 Å². The third-order valence-corrected chi connectivity index (χ3v) is 6.00. The lowest BCUT2D eigenvalue weighted by atomic mass is 10.2. The molecule has 1 aromatic carbocycles. The summed E-state index contributed by atoms with van der Waals surface area (Å²) in [7, 11) is -1.74. The van der Waals surface area contributed by atoms with Crippen molar-refractivity contribution in [1.29, 1.82) is 0 Å². The molecule has 2 atom stereocenters. The maximum atomic E-state index is 12.5. The number of benzene rings is 1. The van der Waals surface area contributed by atoms with Crippen LogP contribution in [0.3, 0.4) is 0 Å². The minimum Gasteiger partial charge on any atom is -0.316 e. The van der Waals surface area contributed by atoms with Crippen LogP contribution in [0.5, 0.6) is 0 Å². The summed E-state index contributed by atoms with van der Waals surface area (Å²) in [5.74, 6) is 0. The van der Waals surface area contributed by atoms with Crippen molar-refractivity contribution in [1.82, 2.24) is 5.32 Å². The van der Waals surface area contributed by atoms with Crippen molar-refractivity contribution >= 4 is 33.0 Å². The van der Waals surface area contributed by atoms with Crippen LogP contribution >= 0.6 is 23.2 Å². The van der Waals surface area contributed by atoms with Crippen LogP contribution in [0.4, 0.5) is 0 Å². The predicted octanol–water partition coefficient (Wildman–Crippen LogP) is 3.15. The molecule has 0 bridgehead atoms. The zero-order valence-electron chi connectivity index (χ0n) is 10.6. The first kappa shape index (κ1) is 15.8. The Hall–Kier alpha value is -0.290. The lowest BCUT2D eigenvalue weighted by Crippen LogP contribution is -2.40. The van der Waals surface area contributed by atoms with Gasteiger partial charge in [0, 0.05) is 11.1 Å². The van der Waals surface area contributed by atoms with E-state index in [1.54, 1.807) is 20.0 Å². The molecule has 6 heteroatoms. The van der Waals surface area contributed by atoms with E-state index in [0.717, 1.165) is 6.42 Å². The van der Waals surface area contributed by atoms with E-state index < -0.39 is 15.1 Å². The van der Waals surface area contributed by atoms with Crippen LogP contribution in [0, 0.1) is 0 Å². The van der Waals surface area contributed by atoms with E-state index in [-0.39, 0.29) is 16.0 Å². The lowest BCUT2D eigenvalue weighted by Gasteiger charge is -2.22. The molecule has 18 heavy (non-hydrogen) atoms. The third-order valence-electron chi connectivity index (χ3n) is 3.07. The molecular weight excluding hydrogens is 293 g/mol. The van der Waals surface area contributed by atoms with Gasteiger partial charge in [0.25, 0.3) is 0 Å². The van der Waals surface area contributed by atoms with Gasteiger partial charge in [-0.2, -0.15) is 0 Å². The molecule has 0 aliphatic carbocycles. The third kappa shape index (κ3) is 3.18. The predicted molar refractivity (Wildman–Crippen MR) is 76.2 cm³/mol. The van der Waals surface area contributed by atoms with E-state index in [1.807, 2.05) is 6.92 Å². The number of hydrogen-bond donors (Lipinski definition) is 1. The SMILES string of the molecule is CCC(NC)C(C)S(=O)(=O)c1cc(Cl)ccc1Cl. The van der Waals surface area contributed by atoms with Gasteiger partial charge in [0.05, 0.1) is 15.2 Å². The molecule has 2 unspecified atom stereocenters. The summed E-state index contributed by atoms with van der Waals surface area (Å²) in [6.07, 6.45) is 0.717. The minimum atomic E-state index is -3.49. The van der Waals surface area contributed by atoms with E-state index in [9.17, 15) is 8.42 Å². The van der Waals surface area contributed by atoms with Crippen molar-refractivity contribution in [3.8, 4) is 0 Å². The zero-order valence-corrected chi connectivity index (χ0v) is 12.9. The van der Waals surface area contributed by atoms with Gasteiger partial charge < -0.3 is 5.32 Å². The van der Waals surface area contributed by atoms with Crippen molar-refractivity contribution < 1.29 is 8.42 Å². The van der Waals surface area contributed by atoms with Crippen molar-refractivity contribution in [2.24, 2.45) is 0 Å². The summed E-state index contributed by atoms with van der Waals surface area (Å²) in [4.78, 5) is 0.0952. The highest BCUT2D eigenvalue weighted by molar-refractivity contribution is 7.92. The molecule has 0 fully saturated rings. The van der Waals surface area contributed by atoms with Gasteiger partial charge in [0.1, 0.15) is 0 Å². The molecule has 0 amide bonds. The van der Waals surface area contributed by atoms with Crippen LogP contribution < -0.4 is 5.32 Å². The summed E-state index contributed by atoms with van der Waals surface area (Å²) in [5, 5.41) is 3.01. The normalized spacial score (nSPS) is 15.4. The Balaban J connectivity index is 3.25. The average molecular weight is 310 g/mol. The molecular formula is C12H17Cl2NO2S. The van der Waals surface area contributed by atoms with E-state index in [1.165, 1.54) is 12.1 Å². The monoisotopic (exact) mass is 309 g/mol. The molecule has 102 valence electrons. The molecule has 0 radical (unpaired) electrons. The second kappa shape index (κ2) is 6.24. The fraction of sp³-hybridized carbons (Fsp3) is 0.500. The fourth-order valence-electron chi connectivity index (χ4n) is 1.88. The van der Waals surface area contributed by atoms with E-state index in [0.29, 0.717) is 5.02 Å². The lowest BCUT2D eigenvalue weighted by molar-refractivity contribution is 0.505. The molecule has 1 aromatic rings. The first-order valence-electron chi connectivity index (χ1n) is 5.70. The number of sulfone groups is 1. The number of halogens is 2. The summed E-state index contributed by atoms with van der Waals surface area (Å²) in [6.45, 7) is 3.62. The molecule has 0 saturated carbocycles. The maximum absolute atomic E-state index is 12.5. The standard InChI is InChI=1S/C12H17Cl2NO2S/c1-4-11(15-3)8(2)18(16,17)12-7-9(13)5-6-10(12)14/h5-8,11,15H,4H2,1-3H3. The largest absolute Gasteiger partial charge is 0.316 e. The van der Waals surface area contributed by atoms with E-state index in [4.69, 9.17) is 23.2 Å². The van der Waals surface area contributed by atoms with Crippen LogP contribution in [0.25, 0.3) is 0 Å². The summed E-state index contributed by atoms with van der Waals surface area (Å²) >= 11 is 11.8.